The number of unbranched alkanes of at least 4 members (excludes halogenated alkanes) is 4. The van der Waals surface area contributed by atoms with Crippen molar-refractivity contribution in [3.63, 3.8) is 0 Å². The van der Waals surface area contributed by atoms with Gasteiger partial charge in [-0.2, -0.15) is 0 Å². The Labute approximate surface area is 400 Å². The third kappa shape index (κ3) is 39.9. The SMILES string of the molecule is CCCCC(=N)/C=C(/NC)Nc1cccc(CNC(=O)OCCOCCOCCNC(=O)OC/C=C/COC(=O)NCCOCCOCCOC(=O)NCCOCCOCCCCCCCl)c1. The molecule has 0 heterocycles. The number of hydrogen-bond donors (Lipinski definition) is 7. The van der Waals surface area contributed by atoms with Crippen LogP contribution in [-0.2, 0) is 53.9 Å². The highest BCUT2D eigenvalue weighted by Crippen LogP contribution is 2.13. The van der Waals surface area contributed by atoms with Crippen LogP contribution in [0.5, 0.6) is 0 Å². The van der Waals surface area contributed by atoms with E-state index in [0.717, 1.165) is 56.2 Å². The lowest BCUT2D eigenvalue weighted by Crippen LogP contribution is -2.29. The number of anilines is 1. The Morgan fingerprint density at radius 1 is 0.582 bits per heavy atom. The summed E-state index contributed by atoms with van der Waals surface area (Å²) >= 11 is 5.65. The Hall–Kier alpha value is -4.90. The van der Waals surface area contributed by atoms with Gasteiger partial charge in [0.1, 0.15) is 32.2 Å². The molecule has 0 bridgehead atoms. The summed E-state index contributed by atoms with van der Waals surface area (Å²) in [4.78, 5) is 47.4. The van der Waals surface area contributed by atoms with Crippen LogP contribution in [-0.4, -0.2) is 168 Å². The summed E-state index contributed by atoms with van der Waals surface area (Å²) in [5.41, 5.74) is 2.24. The van der Waals surface area contributed by atoms with Gasteiger partial charge in [-0.15, -0.1) is 11.6 Å². The minimum absolute atomic E-state index is 0.0152. The van der Waals surface area contributed by atoms with Gasteiger partial charge in [-0.05, 0) is 61.6 Å². The van der Waals surface area contributed by atoms with E-state index in [1.807, 2.05) is 24.3 Å². The van der Waals surface area contributed by atoms with E-state index in [2.05, 4.69) is 38.8 Å². The smallest absolute Gasteiger partial charge is 0.407 e. The van der Waals surface area contributed by atoms with Crippen molar-refractivity contribution in [1.29, 1.82) is 5.41 Å². The molecule has 0 spiro atoms. The highest BCUT2D eigenvalue weighted by atomic mass is 35.5. The van der Waals surface area contributed by atoms with Crippen LogP contribution in [0, 0.1) is 5.41 Å². The molecule has 1 aromatic carbocycles. The zero-order valence-corrected chi connectivity index (χ0v) is 40.2. The first-order chi connectivity index (χ1) is 32.8. The first kappa shape index (κ1) is 60.1. The zero-order chi connectivity index (χ0) is 48.7. The van der Waals surface area contributed by atoms with Gasteiger partial charge in [-0.1, -0.05) is 38.3 Å². The Morgan fingerprint density at radius 3 is 1.58 bits per heavy atom. The highest BCUT2D eigenvalue weighted by Gasteiger charge is 2.06. The molecule has 0 aliphatic rings. The van der Waals surface area contributed by atoms with Gasteiger partial charge in [0.05, 0.1) is 72.7 Å². The molecule has 0 saturated carbocycles. The molecule has 0 saturated heterocycles. The first-order valence-corrected chi connectivity index (χ1v) is 23.4. The second-order valence-corrected chi connectivity index (χ2v) is 14.5. The fourth-order valence-corrected chi connectivity index (χ4v) is 5.33. The molecule has 4 amide bonds. The number of alkyl carbamates (subject to hydrolysis) is 4. The van der Waals surface area contributed by atoms with Crippen molar-refractivity contribution in [1.82, 2.24) is 26.6 Å². The fraction of sp³-hybridized carbons (Fsp3) is 0.667. The van der Waals surface area contributed by atoms with Gasteiger partial charge in [0.25, 0.3) is 0 Å². The first-order valence-electron chi connectivity index (χ1n) is 22.9. The normalized spacial score (nSPS) is 11.2. The minimum atomic E-state index is -0.629. The van der Waals surface area contributed by atoms with Gasteiger partial charge in [-0.25, -0.2) is 19.2 Å². The number of benzene rings is 1. The molecule has 22 heteroatoms. The maximum Gasteiger partial charge on any atom is 0.407 e. The highest BCUT2D eigenvalue weighted by molar-refractivity contribution is 6.17. The molecule has 67 heavy (non-hydrogen) atoms. The summed E-state index contributed by atoms with van der Waals surface area (Å²) in [6, 6.07) is 7.58. The molecular formula is C45H76ClN7O14. The second-order valence-electron chi connectivity index (χ2n) is 14.1. The predicted molar refractivity (Wildman–Crippen MR) is 254 cm³/mol. The summed E-state index contributed by atoms with van der Waals surface area (Å²) in [6.45, 7) is 7.35. The number of alkyl halides is 1. The summed E-state index contributed by atoms with van der Waals surface area (Å²) in [5.74, 6) is 1.42. The number of rotatable bonds is 43. The lowest BCUT2D eigenvalue weighted by atomic mass is 10.1. The Balaban J connectivity index is 1.88. The molecular weight excluding hydrogens is 898 g/mol. The topological polar surface area (TPSA) is 257 Å². The molecule has 0 radical (unpaired) electrons. The number of halogens is 1. The Kier molecular flexibility index (Phi) is 40.3. The van der Waals surface area contributed by atoms with Crippen LogP contribution in [0.1, 0.15) is 57.4 Å². The van der Waals surface area contributed by atoms with E-state index in [-0.39, 0.29) is 92.3 Å². The summed E-state index contributed by atoms with van der Waals surface area (Å²) in [5, 5.41) is 24.8. The second kappa shape index (κ2) is 44.9. The van der Waals surface area contributed by atoms with Gasteiger partial charge in [0, 0.05) is 57.1 Å². The number of ether oxygens (including phenoxy) is 10. The average Bonchev–Trinajstić information content (AvgIpc) is 3.32. The van der Waals surface area contributed by atoms with Crippen LogP contribution >= 0.6 is 11.6 Å². The molecule has 0 aliphatic heterocycles. The van der Waals surface area contributed by atoms with Crippen LogP contribution in [0.25, 0.3) is 0 Å². The number of amides is 4. The quantitative estimate of drug-likeness (QED) is 0.0145. The van der Waals surface area contributed by atoms with Gasteiger partial charge in [0.2, 0.25) is 0 Å². The number of carbonyl (C=O) groups is 4. The zero-order valence-electron chi connectivity index (χ0n) is 39.4. The number of hydrogen-bond acceptors (Lipinski definition) is 17. The largest absolute Gasteiger partial charge is 0.447 e. The van der Waals surface area contributed by atoms with Crippen molar-refractivity contribution in [2.24, 2.45) is 0 Å². The molecule has 1 aromatic rings. The van der Waals surface area contributed by atoms with Crippen LogP contribution in [0.4, 0.5) is 24.9 Å². The van der Waals surface area contributed by atoms with E-state index in [4.69, 9.17) is 64.4 Å². The van der Waals surface area contributed by atoms with Gasteiger partial charge in [-0.3, -0.25) is 0 Å². The van der Waals surface area contributed by atoms with E-state index < -0.39 is 24.4 Å². The molecule has 382 valence electrons. The summed E-state index contributed by atoms with van der Waals surface area (Å²) in [6.07, 6.45) is 9.48. The average molecular weight is 975 g/mol. The van der Waals surface area contributed by atoms with Crippen molar-refractivity contribution in [2.75, 3.05) is 144 Å². The number of allylic oxidation sites excluding steroid dienone is 1. The van der Waals surface area contributed by atoms with Gasteiger partial charge in [0.15, 0.2) is 0 Å². The van der Waals surface area contributed by atoms with E-state index in [1.54, 1.807) is 13.1 Å². The molecule has 0 fully saturated rings. The standard InChI is InChI=1S/C45H76ClN7O14/c1-3-4-13-39(47)36-41(48-2)53-40-14-11-12-38(35-40)37-52-45(57)67-34-32-63-30-28-61-23-17-50-43(55)65-21-10-9-20-64-42(54)49-16-22-60-27-29-62-31-33-66-44(56)51-18-24-59-26-25-58-19-8-6-5-7-15-46/h9-12,14,35-36,47-48,53H,3-8,13,15-34,37H2,1-2H3,(H,49,54)(H,50,55)(H,51,56)(H,52,57)/b10-9+,41-36-,47-39?. The summed E-state index contributed by atoms with van der Waals surface area (Å²) < 4.78 is 52.7. The molecule has 0 unspecified atom stereocenters. The van der Waals surface area contributed by atoms with Crippen LogP contribution < -0.4 is 31.9 Å². The molecule has 21 nitrogen and oxygen atoms in total. The third-order valence-corrected chi connectivity index (χ3v) is 8.84. The Bertz CT molecular complexity index is 1510. The van der Waals surface area contributed by atoms with E-state index in [0.29, 0.717) is 57.0 Å². The van der Waals surface area contributed by atoms with Crippen molar-refractivity contribution < 1.29 is 66.5 Å². The minimum Gasteiger partial charge on any atom is -0.447 e. The molecule has 7 N–H and O–H groups in total. The van der Waals surface area contributed by atoms with Gasteiger partial charge < -0.3 is 84.7 Å². The van der Waals surface area contributed by atoms with Crippen molar-refractivity contribution in [2.45, 2.75) is 58.4 Å². The van der Waals surface area contributed by atoms with Gasteiger partial charge >= 0.3 is 24.4 Å². The number of nitrogens with one attached hydrogen (secondary N) is 7. The maximum atomic E-state index is 12.1. The van der Waals surface area contributed by atoms with Crippen LogP contribution in [0.2, 0.25) is 0 Å². The van der Waals surface area contributed by atoms with Crippen LogP contribution in [0.3, 0.4) is 0 Å². The summed E-state index contributed by atoms with van der Waals surface area (Å²) in [7, 11) is 1.79. The lowest BCUT2D eigenvalue weighted by molar-refractivity contribution is 0.0276. The van der Waals surface area contributed by atoms with Crippen molar-refractivity contribution in [3.8, 4) is 0 Å². The Morgan fingerprint density at radius 2 is 1.06 bits per heavy atom. The van der Waals surface area contributed by atoms with Crippen molar-refractivity contribution >= 4 is 47.4 Å². The van der Waals surface area contributed by atoms with Crippen LogP contribution in [0.15, 0.2) is 48.3 Å². The number of carbonyl (C=O) groups excluding carboxylic acids is 4. The van der Waals surface area contributed by atoms with E-state index in [1.165, 1.54) is 12.2 Å². The molecule has 0 atom stereocenters. The third-order valence-electron chi connectivity index (χ3n) is 8.58. The molecule has 0 aromatic heterocycles. The van der Waals surface area contributed by atoms with E-state index in [9.17, 15) is 19.2 Å². The maximum absolute atomic E-state index is 12.1. The lowest BCUT2D eigenvalue weighted by Gasteiger charge is -2.13. The van der Waals surface area contributed by atoms with Crippen molar-refractivity contribution in [3.05, 3.63) is 53.9 Å². The monoisotopic (exact) mass is 974 g/mol. The molecule has 0 aliphatic carbocycles. The van der Waals surface area contributed by atoms with E-state index >= 15 is 0 Å². The molecule has 1 rings (SSSR count). The predicted octanol–water partition coefficient (Wildman–Crippen LogP) is 5.23. The fourth-order valence-electron chi connectivity index (χ4n) is 5.14.